The molecule has 0 N–H and O–H groups in total. The first kappa shape index (κ1) is 78.4. The summed E-state index contributed by atoms with van der Waals surface area (Å²) in [5.74, 6) is 13.9. The van der Waals surface area contributed by atoms with Crippen LogP contribution in [0.1, 0.15) is 363 Å². The number of ether oxygens (including phenoxy) is 5. The molecule has 100 heavy (non-hydrogen) atoms. The Morgan fingerprint density at radius 2 is 0.820 bits per heavy atom. The quantitative estimate of drug-likeness (QED) is 0.0910. The Kier molecular flexibility index (Phi) is 22.9. The van der Waals surface area contributed by atoms with Gasteiger partial charge in [-0.3, -0.25) is 24.0 Å². The Hall–Kier alpha value is -2.65. The van der Waals surface area contributed by atoms with E-state index in [1.165, 1.54) is 161 Å². The van der Waals surface area contributed by atoms with E-state index >= 15 is 0 Å². The maximum absolute atomic E-state index is 12.8. The summed E-state index contributed by atoms with van der Waals surface area (Å²) in [6.07, 6.45) is 43.4. The monoisotopic (exact) mass is 1390 g/mol. The average molecular weight is 1390 g/mol. The number of carbonyl (C=O) groups excluding carboxylic acids is 5. The molecule has 10 heteroatoms. The summed E-state index contributed by atoms with van der Waals surface area (Å²) >= 11 is 0. The molecular weight excluding hydrogens is 1240 g/mol. The SMILES string of the molecule is CCC(C)(C)C(=O)OC1(C)C2CC3CC(C2)CC1C3.CCC(C)(C)C(=O)OC12CC3CC(CC(C3)C1)C2.CCC(C)(C)C(=O)OCC12CC3CC(CC(C3)C1)C2.CCC(C)C(=O)OC1(C)CCC23CC1C(C)(C)C2CC[C@H]3C.CCCCC1(OC(=O)C(C)(C)CC)C2CC3CC(C2)CC1C3. The second-order valence-corrected chi connectivity index (χ2v) is 42.4. The van der Waals surface area contributed by atoms with Gasteiger partial charge in [0.05, 0.1) is 34.2 Å². The highest BCUT2D eigenvalue weighted by Gasteiger charge is 2.69. The Labute approximate surface area is 611 Å². The van der Waals surface area contributed by atoms with Crippen LogP contribution < -0.4 is 0 Å². The first-order valence-electron chi connectivity index (χ1n) is 42.9. The van der Waals surface area contributed by atoms with E-state index in [-0.39, 0.29) is 79.8 Å². The van der Waals surface area contributed by atoms with E-state index in [1.54, 1.807) is 0 Å². The normalized spacial score (nSPS) is 42.9. The number of rotatable bonds is 19. The smallest absolute Gasteiger partial charge is 0.312 e. The van der Waals surface area contributed by atoms with Crippen LogP contribution in [0.2, 0.25) is 0 Å². The molecule has 19 fully saturated rings. The summed E-state index contributed by atoms with van der Waals surface area (Å²) in [4.78, 5) is 62.3. The molecule has 0 amide bonds. The van der Waals surface area contributed by atoms with Gasteiger partial charge in [0.1, 0.15) is 22.4 Å². The maximum atomic E-state index is 12.8. The molecule has 19 aliphatic carbocycles. The van der Waals surface area contributed by atoms with E-state index in [9.17, 15) is 24.0 Å². The van der Waals surface area contributed by atoms with Gasteiger partial charge in [-0.2, -0.15) is 0 Å². The van der Waals surface area contributed by atoms with Crippen molar-refractivity contribution in [2.45, 2.75) is 386 Å². The molecule has 1 spiro atoms. The van der Waals surface area contributed by atoms with Crippen LogP contribution in [0.4, 0.5) is 0 Å². The van der Waals surface area contributed by atoms with Gasteiger partial charge in [-0.05, 0) is 393 Å². The number of esters is 5. The van der Waals surface area contributed by atoms with E-state index in [2.05, 4.69) is 76.2 Å². The van der Waals surface area contributed by atoms with Crippen LogP contribution >= 0.6 is 0 Å². The Morgan fingerprint density at radius 1 is 0.430 bits per heavy atom. The minimum absolute atomic E-state index is 0.00532. The van der Waals surface area contributed by atoms with E-state index < -0.39 is 0 Å². The third-order valence-corrected chi connectivity index (χ3v) is 33.6. The van der Waals surface area contributed by atoms with Crippen molar-refractivity contribution in [2.24, 2.45) is 144 Å². The molecule has 0 saturated heterocycles. The van der Waals surface area contributed by atoms with Crippen LogP contribution in [-0.4, -0.2) is 58.9 Å². The second-order valence-electron chi connectivity index (χ2n) is 42.4. The molecule has 10 nitrogen and oxygen atoms in total. The second kappa shape index (κ2) is 29.2. The van der Waals surface area contributed by atoms with Gasteiger partial charge in [0.2, 0.25) is 0 Å². The zero-order valence-electron chi connectivity index (χ0n) is 67.9. The van der Waals surface area contributed by atoms with Crippen LogP contribution in [-0.2, 0) is 47.7 Å². The number of hydrogen-bond donors (Lipinski definition) is 0. The summed E-state index contributed by atoms with van der Waals surface area (Å²) in [6, 6.07) is 0. The van der Waals surface area contributed by atoms with Crippen molar-refractivity contribution in [1.29, 1.82) is 0 Å². The van der Waals surface area contributed by atoms with Crippen molar-refractivity contribution in [3.8, 4) is 0 Å². The van der Waals surface area contributed by atoms with Crippen molar-refractivity contribution >= 4 is 29.8 Å². The maximum Gasteiger partial charge on any atom is 0.312 e. The first-order chi connectivity index (χ1) is 46.8. The van der Waals surface area contributed by atoms with Crippen molar-refractivity contribution in [3.05, 3.63) is 0 Å². The molecule has 19 aliphatic rings. The third-order valence-electron chi connectivity index (χ3n) is 33.6. The van der Waals surface area contributed by atoms with Gasteiger partial charge in [-0.25, -0.2) is 0 Å². The third kappa shape index (κ3) is 15.3. The molecule has 19 saturated carbocycles. The fraction of sp³-hybridized carbons (Fsp3) is 0.944. The van der Waals surface area contributed by atoms with Crippen LogP contribution in [0, 0.1) is 144 Å². The van der Waals surface area contributed by atoms with Crippen LogP contribution in [0.15, 0.2) is 0 Å². The molecule has 19 rings (SSSR count). The number of unbranched alkanes of at least 4 members (excludes halogenated alkanes) is 1. The first-order valence-corrected chi connectivity index (χ1v) is 42.9. The summed E-state index contributed by atoms with van der Waals surface area (Å²) in [5, 5.41) is 0. The molecule has 0 radical (unpaired) electrons. The average Bonchev–Trinajstić information content (AvgIpc) is 1.50. The predicted octanol–water partition coefficient (Wildman–Crippen LogP) is 22.9. The Morgan fingerprint density at radius 3 is 1.24 bits per heavy atom. The van der Waals surface area contributed by atoms with E-state index in [0.717, 1.165) is 135 Å². The lowest BCUT2D eigenvalue weighted by atomic mass is 9.49. The summed E-state index contributed by atoms with van der Waals surface area (Å²) in [6.45, 7) is 43.2. The van der Waals surface area contributed by atoms with Gasteiger partial charge in [-0.1, -0.05) is 75.7 Å². The van der Waals surface area contributed by atoms with Gasteiger partial charge in [0.25, 0.3) is 0 Å². The molecule has 0 aliphatic heterocycles. The van der Waals surface area contributed by atoms with E-state index in [0.29, 0.717) is 52.4 Å². The van der Waals surface area contributed by atoms with Gasteiger partial charge in [0, 0.05) is 11.3 Å². The standard InChI is InChI=1S/2C20H34O2.2C17H28O2.C16H26O2/c1-7-13(2)17(21)22-19(6)10-11-20-12-16(19)18(4,5)15(20)9-8-14(20)3;1-5-7-8-20(22-18(21)19(3,4)6-2)16-10-14-9-15(12-16)13-17(20)11-14;1-5-16(2,3)15(18)19-17(4)13-7-11-6-12(9-13)10-14(17)8-11;1-4-16(2,3)15(18)19-11-17-8-12-5-13(9-17)7-14(6-12)10-17;1-4-15(2,3)14(17)18-16-8-11-5-12(9-16)7-13(6-11)10-16/h13-16H,7-12H2,1-6H3;14-17H,5-13H2,1-4H3;11-14H,5-10H2,1-4H3;12-14H,4-11H2,1-3H3;11-13H,4-10H2,1-3H3/t13?,14-,15?,16?,19?,20?;;;;/m1..../s1. The van der Waals surface area contributed by atoms with E-state index in [4.69, 9.17) is 23.7 Å². The number of fused-ring (bicyclic) bond motifs is 1. The van der Waals surface area contributed by atoms with Gasteiger partial charge < -0.3 is 23.7 Å². The van der Waals surface area contributed by atoms with Crippen molar-refractivity contribution < 1.29 is 47.7 Å². The molecule has 6 atom stereocenters. The van der Waals surface area contributed by atoms with Crippen LogP contribution in [0.3, 0.4) is 0 Å². The zero-order chi connectivity index (χ0) is 72.8. The molecule has 0 aromatic carbocycles. The van der Waals surface area contributed by atoms with Gasteiger partial charge >= 0.3 is 29.8 Å². The number of hydrogen-bond acceptors (Lipinski definition) is 10. The molecular formula is C90H150O10. The molecule has 5 unspecified atom stereocenters. The minimum Gasteiger partial charge on any atom is -0.465 e. The minimum atomic E-state index is -0.339. The lowest BCUT2D eigenvalue weighted by Gasteiger charge is -2.60. The van der Waals surface area contributed by atoms with Crippen molar-refractivity contribution in [3.63, 3.8) is 0 Å². The lowest BCUT2D eigenvalue weighted by Crippen LogP contribution is -2.60. The highest BCUT2D eigenvalue weighted by molar-refractivity contribution is 5.78. The molecule has 0 aromatic rings. The lowest BCUT2D eigenvalue weighted by molar-refractivity contribution is -0.220. The fourth-order valence-corrected chi connectivity index (χ4v) is 26.4. The van der Waals surface area contributed by atoms with Crippen LogP contribution in [0.25, 0.3) is 0 Å². The number of carbonyl (C=O) groups is 5. The Bertz CT molecular complexity index is 2760. The summed E-state index contributed by atoms with van der Waals surface area (Å²) in [5.41, 5.74) is -0.727. The van der Waals surface area contributed by atoms with Crippen LogP contribution in [0.5, 0.6) is 0 Å². The summed E-state index contributed by atoms with van der Waals surface area (Å²) in [7, 11) is 0. The largest absolute Gasteiger partial charge is 0.465 e. The Balaban J connectivity index is 0.000000126. The fourth-order valence-electron chi connectivity index (χ4n) is 26.4. The predicted molar refractivity (Wildman–Crippen MR) is 401 cm³/mol. The van der Waals surface area contributed by atoms with Crippen molar-refractivity contribution in [1.82, 2.24) is 0 Å². The van der Waals surface area contributed by atoms with Gasteiger partial charge in [0.15, 0.2) is 0 Å². The topological polar surface area (TPSA) is 132 Å². The molecule has 0 aromatic heterocycles. The van der Waals surface area contributed by atoms with Crippen molar-refractivity contribution in [2.75, 3.05) is 6.61 Å². The zero-order valence-corrected chi connectivity index (χ0v) is 67.9. The van der Waals surface area contributed by atoms with E-state index in [1.807, 2.05) is 62.3 Å². The summed E-state index contributed by atoms with van der Waals surface area (Å²) < 4.78 is 30.5. The highest BCUT2D eigenvalue weighted by atomic mass is 16.6. The molecule has 18 bridgehead atoms. The van der Waals surface area contributed by atoms with Gasteiger partial charge in [-0.15, -0.1) is 0 Å². The molecule has 570 valence electrons. The highest BCUT2D eigenvalue weighted by Crippen LogP contribution is 2.74. The molecule has 0 heterocycles.